The Labute approximate surface area is 171 Å². The number of aryl methyl sites for hydroxylation is 2. The van der Waals surface area contributed by atoms with Gasteiger partial charge in [-0.1, -0.05) is 18.2 Å². The van der Waals surface area contributed by atoms with Gasteiger partial charge in [0.1, 0.15) is 5.69 Å². The van der Waals surface area contributed by atoms with E-state index in [0.717, 1.165) is 37.2 Å². The van der Waals surface area contributed by atoms with E-state index in [4.69, 9.17) is 0 Å². The molecule has 1 aromatic carbocycles. The second kappa shape index (κ2) is 8.39. The summed E-state index contributed by atoms with van der Waals surface area (Å²) >= 11 is 0. The highest BCUT2D eigenvalue weighted by Crippen LogP contribution is 2.28. The molecule has 2 aromatic heterocycles. The summed E-state index contributed by atoms with van der Waals surface area (Å²) in [6.45, 7) is 3.38. The number of nitrogens with zero attached hydrogens (tertiary/aromatic N) is 5. The van der Waals surface area contributed by atoms with Crippen LogP contribution in [0.25, 0.3) is 0 Å². The van der Waals surface area contributed by atoms with Crippen LogP contribution in [0.4, 0.5) is 11.6 Å². The topological polar surface area (TPSA) is 62.2 Å². The normalized spacial score (nSPS) is 13.1. The van der Waals surface area contributed by atoms with Gasteiger partial charge in [0.2, 0.25) is 5.95 Å². The molecule has 1 amide bonds. The fourth-order valence-electron chi connectivity index (χ4n) is 3.66. The zero-order valence-electron chi connectivity index (χ0n) is 16.9. The van der Waals surface area contributed by atoms with Crippen molar-refractivity contribution < 1.29 is 4.79 Å². The van der Waals surface area contributed by atoms with E-state index in [1.54, 1.807) is 18.5 Å². The average Bonchev–Trinajstić information content (AvgIpc) is 2.77. The highest BCUT2D eigenvalue weighted by Gasteiger charge is 2.25. The zero-order chi connectivity index (χ0) is 20.2. The van der Waals surface area contributed by atoms with Gasteiger partial charge in [-0.05, 0) is 61.6 Å². The predicted molar refractivity (Wildman–Crippen MR) is 114 cm³/mol. The molecule has 0 fully saturated rings. The summed E-state index contributed by atoms with van der Waals surface area (Å²) in [6.07, 6.45) is 6.42. The number of carbonyl (C=O) groups is 1. The van der Waals surface area contributed by atoms with Crippen LogP contribution in [0.1, 0.15) is 33.7 Å². The smallest absolute Gasteiger partial charge is 0.277 e. The van der Waals surface area contributed by atoms with Crippen LogP contribution in [-0.2, 0) is 12.8 Å². The summed E-state index contributed by atoms with van der Waals surface area (Å²) in [5.74, 6) is 0.513. The lowest BCUT2D eigenvalue weighted by molar-refractivity contribution is 0.0980. The van der Waals surface area contributed by atoms with E-state index in [-0.39, 0.29) is 5.91 Å². The van der Waals surface area contributed by atoms with Crippen LogP contribution in [0.3, 0.4) is 0 Å². The molecule has 148 valence electrons. The molecule has 3 heterocycles. The van der Waals surface area contributed by atoms with E-state index in [2.05, 4.69) is 21.0 Å². The summed E-state index contributed by atoms with van der Waals surface area (Å²) in [6, 6.07) is 13.9. The number of amides is 1. The number of hydrogen-bond donors (Lipinski definition) is 0. The molecule has 6 nitrogen and oxygen atoms in total. The molecular formula is C23H25N5O. The summed E-state index contributed by atoms with van der Waals surface area (Å²) in [5.41, 5.74) is 4.65. The van der Waals surface area contributed by atoms with Crippen molar-refractivity contribution in [2.75, 3.05) is 29.9 Å². The second-order valence-corrected chi connectivity index (χ2v) is 7.41. The number of aromatic nitrogens is 3. The van der Waals surface area contributed by atoms with Gasteiger partial charge >= 0.3 is 0 Å². The van der Waals surface area contributed by atoms with Crippen molar-refractivity contribution in [3.63, 3.8) is 0 Å². The molecule has 0 aliphatic carbocycles. The number of hydrogen-bond acceptors (Lipinski definition) is 5. The molecule has 29 heavy (non-hydrogen) atoms. The number of carbonyl (C=O) groups excluding carboxylic acids is 1. The summed E-state index contributed by atoms with van der Waals surface area (Å²) < 4.78 is 0. The Balaban J connectivity index is 1.55. The van der Waals surface area contributed by atoms with Gasteiger partial charge in [0.05, 0.1) is 0 Å². The standard InChI is InChI=1S/C23H25N5O/c1-17-16-20(22(29)28-14-5-7-19-6-3-4-8-21(19)28)26-23(25-17)27(2)15-11-18-9-12-24-13-10-18/h3-4,6,8-10,12-13,16H,5,7,11,14-15H2,1-2H3. The van der Waals surface area contributed by atoms with Gasteiger partial charge in [0.25, 0.3) is 5.91 Å². The van der Waals surface area contributed by atoms with E-state index in [1.165, 1.54) is 11.1 Å². The van der Waals surface area contributed by atoms with Crippen molar-refractivity contribution in [2.45, 2.75) is 26.2 Å². The van der Waals surface area contributed by atoms with Crippen LogP contribution in [0, 0.1) is 6.92 Å². The van der Waals surface area contributed by atoms with Gasteiger partial charge in [0.15, 0.2) is 0 Å². The maximum Gasteiger partial charge on any atom is 0.277 e. The molecule has 6 heteroatoms. The number of pyridine rings is 1. The SMILES string of the molecule is Cc1cc(C(=O)N2CCCc3ccccc32)nc(N(C)CCc2ccncc2)n1. The Hall–Kier alpha value is -3.28. The third kappa shape index (κ3) is 4.26. The van der Waals surface area contributed by atoms with Crippen molar-refractivity contribution >= 4 is 17.5 Å². The Morgan fingerprint density at radius 1 is 1.14 bits per heavy atom. The molecule has 0 radical (unpaired) electrons. The first-order chi connectivity index (χ1) is 14.1. The van der Waals surface area contributed by atoms with Crippen molar-refractivity contribution in [1.82, 2.24) is 15.0 Å². The number of para-hydroxylation sites is 1. The summed E-state index contributed by atoms with van der Waals surface area (Å²) in [4.78, 5) is 30.3. The molecule has 0 saturated heterocycles. The van der Waals surface area contributed by atoms with Crippen LogP contribution >= 0.6 is 0 Å². The molecule has 0 saturated carbocycles. The minimum Gasteiger partial charge on any atom is -0.344 e. The van der Waals surface area contributed by atoms with Crippen LogP contribution in [0.15, 0.2) is 54.9 Å². The largest absolute Gasteiger partial charge is 0.344 e. The van der Waals surface area contributed by atoms with Gasteiger partial charge in [-0.25, -0.2) is 9.97 Å². The molecule has 3 aromatic rings. The third-order valence-electron chi connectivity index (χ3n) is 5.24. The van der Waals surface area contributed by atoms with Crippen LogP contribution in [0.5, 0.6) is 0 Å². The zero-order valence-corrected chi connectivity index (χ0v) is 16.9. The molecule has 0 atom stereocenters. The fourth-order valence-corrected chi connectivity index (χ4v) is 3.66. The number of fused-ring (bicyclic) bond motifs is 1. The first kappa shape index (κ1) is 19.1. The molecule has 0 spiro atoms. The highest BCUT2D eigenvalue weighted by molar-refractivity contribution is 6.05. The maximum absolute atomic E-state index is 13.3. The molecule has 0 bridgehead atoms. The third-order valence-corrected chi connectivity index (χ3v) is 5.24. The van der Waals surface area contributed by atoms with Gasteiger partial charge < -0.3 is 9.80 Å². The molecule has 0 unspecified atom stereocenters. The van der Waals surface area contributed by atoms with Crippen LogP contribution in [-0.4, -0.2) is 41.0 Å². The van der Waals surface area contributed by atoms with E-state index in [0.29, 0.717) is 18.2 Å². The summed E-state index contributed by atoms with van der Waals surface area (Å²) in [7, 11) is 1.96. The van der Waals surface area contributed by atoms with Crippen LogP contribution < -0.4 is 9.80 Å². The first-order valence-electron chi connectivity index (χ1n) is 9.97. The van der Waals surface area contributed by atoms with Crippen molar-refractivity contribution in [3.05, 3.63) is 77.4 Å². The monoisotopic (exact) mass is 387 g/mol. The maximum atomic E-state index is 13.3. The molecule has 4 rings (SSSR count). The second-order valence-electron chi connectivity index (χ2n) is 7.41. The minimum absolute atomic E-state index is 0.0635. The lowest BCUT2D eigenvalue weighted by Gasteiger charge is -2.29. The van der Waals surface area contributed by atoms with Crippen molar-refractivity contribution in [1.29, 1.82) is 0 Å². The molecular weight excluding hydrogens is 362 g/mol. The Kier molecular flexibility index (Phi) is 5.51. The molecule has 0 N–H and O–H groups in total. The predicted octanol–water partition coefficient (Wildman–Crippen LogP) is 3.45. The van der Waals surface area contributed by atoms with E-state index < -0.39 is 0 Å². The fraction of sp³-hybridized carbons (Fsp3) is 0.304. The number of likely N-dealkylation sites (N-methyl/N-ethyl adjacent to an activating group) is 1. The van der Waals surface area contributed by atoms with E-state index in [1.807, 2.05) is 54.1 Å². The average molecular weight is 387 g/mol. The van der Waals surface area contributed by atoms with E-state index >= 15 is 0 Å². The lowest BCUT2D eigenvalue weighted by atomic mass is 10.0. The van der Waals surface area contributed by atoms with Gasteiger partial charge in [-0.15, -0.1) is 0 Å². The minimum atomic E-state index is -0.0635. The Bertz CT molecular complexity index is 1010. The number of rotatable bonds is 5. The van der Waals surface area contributed by atoms with Gasteiger partial charge in [-0.3, -0.25) is 9.78 Å². The summed E-state index contributed by atoms with van der Waals surface area (Å²) in [5, 5.41) is 0. The Morgan fingerprint density at radius 2 is 1.93 bits per heavy atom. The highest BCUT2D eigenvalue weighted by atomic mass is 16.2. The van der Waals surface area contributed by atoms with E-state index in [9.17, 15) is 4.79 Å². The van der Waals surface area contributed by atoms with Gasteiger partial charge in [0, 0.05) is 43.9 Å². The van der Waals surface area contributed by atoms with Crippen molar-refractivity contribution in [2.24, 2.45) is 0 Å². The Morgan fingerprint density at radius 3 is 2.76 bits per heavy atom. The number of benzene rings is 1. The first-order valence-corrected chi connectivity index (χ1v) is 9.97. The number of anilines is 2. The molecule has 1 aliphatic rings. The van der Waals surface area contributed by atoms with Crippen LogP contribution in [0.2, 0.25) is 0 Å². The molecule has 1 aliphatic heterocycles. The quantitative estimate of drug-likeness (QED) is 0.671. The van der Waals surface area contributed by atoms with Crippen molar-refractivity contribution in [3.8, 4) is 0 Å². The lowest BCUT2D eigenvalue weighted by Crippen LogP contribution is -2.36. The van der Waals surface area contributed by atoms with Gasteiger partial charge in [-0.2, -0.15) is 0 Å².